The van der Waals surface area contributed by atoms with Gasteiger partial charge in [0.15, 0.2) is 0 Å². The summed E-state index contributed by atoms with van der Waals surface area (Å²) < 4.78 is 0. The highest BCUT2D eigenvalue weighted by Gasteiger charge is 2.20. The van der Waals surface area contributed by atoms with Gasteiger partial charge >= 0.3 is 0 Å². The largest absolute Gasteiger partial charge is 0.309 e. The van der Waals surface area contributed by atoms with Crippen LogP contribution in [-0.4, -0.2) is 15.0 Å². The van der Waals surface area contributed by atoms with Crippen LogP contribution in [0.25, 0.3) is 38.3 Å². The van der Waals surface area contributed by atoms with Crippen molar-refractivity contribution in [1.29, 1.82) is 0 Å². The molecular weight excluding hydrogens is 464 g/mol. The molecule has 0 fully saturated rings. The number of rotatable bonds is 4. The third-order valence-corrected chi connectivity index (χ3v) is 7.27. The minimum atomic E-state index is 0.882. The lowest BCUT2D eigenvalue weighted by molar-refractivity contribution is 0.771. The van der Waals surface area contributed by atoms with Crippen LogP contribution < -0.4 is 4.90 Å². The Hall–Kier alpha value is -4.96. The van der Waals surface area contributed by atoms with Crippen LogP contribution in [-0.2, 0) is 0 Å². The summed E-state index contributed by atoms with van der Waals surface area (Å²) in [5, 5.41) is 14.3. The van der Waals surface area contributed by atoms with Crippen LogP contribution in [0.2, 0.25) is 0 Å². The molecule has 182 valence electrons. The Kier molecular flexibility index (Phi) is 5.19. The van der Waals surface area contributed by atoms with E-state index in [1.54, 1.807) is 4.80 Å². The quantitative estimate of drug-likeness (QED) is 0.247. The summed E-state index contributed by atoms with van der Waals surface area (Å²) in [6.07, 6.45) is 0. The van der Waals surface area contributed by atoms with Crippen LogP contribution in [0.4, 0.5) is 17.1 Å². The summed E-state index contributed by atoms with van der Waals surface area (Å²) in [6, 6.07) is 42.7. The van der Waals surface area contributed by atoms with Crippen molar-refractivity contribution in [3.8, 4) is 5.69 Å². The molecule has 0 aliphatic carbocycles. The van der Waals surface area contributed by atoms with Gasteiger partial charge in [0, 0.05) is 21.8 Å². The normalized spacial score (nSPS) is 11.4. The molecule has 0 atom stereocenters. The molecule has 4 heteroatoms. The van der Waals surface area contributed by atoms with Crippen molar-refractivity contribution in [3.63, 3.8) is 0 Å². The molecule has 0 saturated heterocycles. The number of hydrogen-bond acceptors (Lipinski definition) is 3. The highest BCUT2D eigenvalue weighted by Crippen LogP contribution is 2.43. The topological polar surface area (TPSA) is 34.0 Å². The van der Waals surface area contributed by atoms with Crippen LogP contribution in [0.5, 0.6) is 0 Å². The Morgan fingerprint density at radius 1 is 0.500 bits per heavy atom. The van der Waals surface area contributed by atoms with E-state index in [-0.39, 0.29) is 0 Å². The molecule has 0 spiro atoms. The van der Waals surface area contributed by atoms with Crippen LogP contribution in [0.1, 0.15) is 11.1 Å². The van der Waals surface area contributed by atoms with Gasteiger partial charge in [0.2, 0.25) is 0 Å². The number of hydrogen-bond donors (Lipinski definition) is 0. The number of aromatic nitrogens is 3. The fraction of sp³-hybridized carbons (Fsp3) is 0.0588. The van der Waals surface area contributed by atoms with Crippen LogP contribution in [0.15, 0.2) is 121 Å². The second kappa shape index (κ2) is 8.86. The lowest BCUT2D eigenvalue weighted by Gasteiger charge is -2.29. The third-order valence-electron chi connectivity index (χ3n) is 7.27. The first-order valence-electron chi connectivity index (χ1n) is 12.9. The second-order valence-electron chi connectivity index (χ2n) is 9.75. The van der Waals surface area contributed by atoms with Crippen molar-refractivity contribution in [2.75, 3.05) is 4.90 Å². The van der Waals surface area contributed by atoms with E-state index in [1.165, 1.54) is 21.9 Å². The van der Waals surface area contributed by atoms with E-state index < -0.39 is 0 Å². The van der Waals surface area contributed by atoms with Gasteiger partial charge in [-0.15, -0.1) is 15.0 Å². The van der Waals surface area contributed by atoms with E-state index in [4.69, 9.17) is 10.2 Å². The monoisotopic (exact) mass is 490 g/mol. The van der Waals surface area contributed by atoms with Gasteiger partial charge in [-0.25, -0.2) is 0 Å². The first-order chi connectivity index (χ1) is 18.7. The van der Waals surface area contributed by atoms with E-state index in [2.05, 4.69) is 116 Å². The molecule has 7 aromatic rings. The zero-order valence-corrected chi connectivity index (χ0v) is 21.3. The smallest absolute Gasteiger partial charge is 0.113 e. The maximum absolute atomic E-state index is 4.78. The van der Waals surface area contributed by atoms with Gasteiger partial charge in [-0.05, 0) is 67.3 Å². The summed E-state index contributed by atoms with van der Waals surface area (Å²) in [5.74, 6) is 0. The average Bonchev–Trinajstić information content (AvgIpc) is 3.39. The van der Waals surface area contributed by atoms with Crippen LogP contribution >= 0.6 is 0 Å². The Bertz CT molecular complexity index is 1920. The molecule has 0 unspecified atom stereocenters. The molecule has 0 aliphatic rings. The molecule has 1 aromatic heterocycles. The molecule has 7 rings (SSSR count). The number of aryl methyl sites for hydroxylation is 2. The highest BCUT2D eigenvalue weighted by atomic mass is 15.5. The highest BCUT2D eigenvalue weighted by molar-refractivity contribution is 6.07. The van der Waals surface area contributed by atoms with Crippen molar-refractivity contribution in [3.05, 3.63) is 132 Å². The Labute approximate surface area is 221 Å². The number of nitrogens with zero attached hydrogens (tertiary/aromatic N) is 4. The average molecular weight is 491 g/mol. The zero-order chi connectivity index (χ0) is 25.6. The van der Waals surface area contributed by atoms with Crippen LogP contribution in [0.3, 0.4) is 0 Å². The summed E-state index contributed by atoms with van der Waals surface area (Å²) >= 11 is 0. The standard InChI is InChI=1S/C34H26N4/c1-23-15-18-25(19-16-23)37(32-20-17-24(2)26-9-3-4-10-27(26)32)33-21-22-34(29-12-6-5-11-28(29)33)38-35-30-13-7-8-14-31(30)36-38/h3-22H,1-2H3. The van der Waals surface area contributed by atoms with Crippen LogP contribution in [0, 0.1) is 13.8 Å². The van der Waals surface area contributed by atoms with Crippen molar-refractivity contribution in [1.82, 2.24) is 15.0 Å². The minimum absolute atomic E-state index is 0.882. The number of benzene rings is 6. The molecule has 0 bridgehead atoms. The van der Waals surface area contributed by atoms with Gasteiger partial charge in [0.1, 0.15) is 11.0 Å². The molecule has 0 aliphatic heterocycles. The van der Waals surface area contributed by atoms with E-state index in [0.717, 1.165) is 44.6 Å². The summed E-state index contributed by atoms with van der Waals surface area (Å²) in [4.78, 5) is 4.13. The predicted octanol–water partition coefficient (Wildman–Crippen LogP) is 8.81. The number of anilines is 3. The second-order valence-corrected chi connectivity index (χ2v) is 9.75. The lowest BCUT2D eigenvalue weighted by atomic mass is 10.0. The lowest BCUT2D eigenvalue weighted by Crippen LogP contribution is -2.12. The molecule has 6 aromatic carbocycles. The molecule has 4 nitrogen and oxygen atoms in total. The van der Waals surface area contributed by atoms with Gasteiger partial charge in [-0.1, -0.05) is 84.4 Å². The predicted molar refractivity (Wildman–Crippen MR) is 158 cm³/mol. The molecular formula is C34H26N4. The molecule has 0 amide bonds. The fourth-order valence-corrected chi connectivity index (χ4v) is 5.33. The number of fused-ring (bicyclic) bond motifs is 3. The van der Waals surface area contributed by atoms with Gasteiger partial charge in [-0.3, -0.25) is 0 Å². The van der Waals surface area contributed by atoms with E-state index >= 15 is 0 Å². The molecule has 38 heavy (non-hydrogen) atoms. The van der Waals surface area contributed by atoms with Gasteiger partial charge < -0.3 is 4.90 Å². The SMILES string of the molecule is Cc1ccc(N(c2ccc(C)c3ccccc23)c2ccc(-n3nc4ccccc4n3)c3ccccc23)cc1. The summed E-state index contributed by atoms with van der Waals surface area (Å²) in [6.45, 7) is 4.30. The van der Waals surface area contributed by atoms with Crippen molar-refractivity contribution >= 4 is 49.6 Å². The Balaban J connectivity index is 1.51. The molecule has 0 saturated carbocycles. The van der Waals surface area contributed by atoms with Gasteiger partial charge in [0.25, 0.3) is 0 Å². The van der Waals surface area contributed by atoms with Crippen molar-refractivity contribution < 1.29 is 0 Å². The first kappa shape index (κ1) is 22.3. The maximum atomic E-state index is 4.78. The zero-order valence-electron chi connectivity index (χ0n) is 21.3. The molecule has 0 N–H and O–H groups in total. The van der Waals surface area contributed by atoms with E-state index in [0.29, 0.717) is 0 Å². The first-order valence-corrected chi connectivity index (χ1v) is 12.9. The van der Waals surface area contributed by atoms with E-state index in [1.807, 2.05) is 24.3 Å². The Morgan fingerprint density at radius 2 is 1.03 bits per heavy atom. The maximum Gasteiger partial charge on any atom is 0.113 e. The van der Waals surface area contributed by atoms with E-state index in [9.17, 15) is 0 Å². The third kappa shape index (κ3) is 3.61. The Morgan fingerprint density at radius 3 is 1.68 bits per heavy atom. The van der Waals surface area contributed by atoms with Crippen molar-refractivity contribution in [2.45, 2.75) is 13.8 Å². The summed E-state index contributed by atoms with van der Waals surface area (Å²) in [5.41, 5.74) is 8.60. The van der Waals surface area contributed by atoms with Gasteiger partial charge in [-0.2, -0.15) is 0 Å². The molecule has 1 heterocycles. The van der Waals surface area contributed by atoms with Gasteiger partial charge in [0.05, 0.1) is 17.1 Å². The van der Waals surface area contributed by atoms with Crippen molar-refractivity contribution in [2.24, 2.45) is 0 Å². The molecule has 0 radical (unpaired) electrons. The summed E-state index contributed by atoms with van der Waals surface area (Å²) in [7, 11) is 0. The minimum Gasteiger partial charge on any atom is -0.309 e. The fourth-order valence-electron chi connectivity index (χ4n) is 5.33.